The van der Waals surface area contributed by atoms with Crippen molar-refractivity contribution >= 4 is 18.2 Å². The Hall–Kier alpha value is -4.73. The molecule has 2 heterocycles. The number of amides is 3. The zero-order valence-corrected chi connectivity index (χ0v) is 25.2. The minimum Gasteiger partial charge on any atom is -0.350 e. The molecule has 3 N–H and O–H groups in total. The first-order chi connectivity index (χ1) is 20.9. The van der Waals surface area contributed by atoms with Crippen LogP contribution in [-0.4, -0.2) is 67.6 Å². The number of hydrogen-bond donors (Lipinski definition) is 3. The Morgan fingerprint density at radius 1 is 0.698 bits per heavy atom. The highest BCUT2D eigenvalue weighted by atomic mass is 16.2. The molecule has 0 atom stereocenters. The van der Waals surface area contributed by atoms with E-state index in [9.17, 15) is 14.4 Å². The van der Waals surface area contributed by atoms with E-state index in [-0.39, 0.29) is 18.4 Å². The summed E-state index contributed by atoms with van der Waals surface area (Å²) in [6, 6.07) is 16.6. The van der Waals surface area contributed by atoms with Gasteiger partial charge in [-0.05, 0) is 41.5 Å². The average Bonchev–Trinajstić information content (AvgIpc) is 3.70. The molecule has 4 rings (SSSR count). The summed E-state index contributed by atoms with van der Waals surface area (Å²) in [5.74, 6) is 1.50. The number of imidazole rings is 2. The number of carbonyl (C=O) groups is 3. The summed E-state index contributed by atoms with van der Waals surface area (Å²) in [5, 5.41) is 2.43. The second-order valence-electron chi connectivity index (χ2n) is 10.5. The number of rotatable bonds is 16. The molecule has 0 spiro atoms. The number of carbonyl (C=O) groups excluding carboxylic acids is 3. The van der Waals surface area contributed by atoms with Crippen LogP contribution in [0, 0.1) is 0 Å². The molecule has 0 fully saturated rings. The third-order valence-corrected chi connectivity index (χ3v) is 7.16. The minimum absolute atomic E-state index is 0.0263. The van der Waals surface area contributed by atoms with Crippen LogP contribution in [0.25, 0.3) is 33.6 Å². The zero-order valence-electron chi connectivity index (χ0n) is 25.2. The van der Waals surface area contributed by atoms with Crippen LogP contribution >= 0.6 is 0 Å². The van der Waals surface area contributed by atoms with E-state index in [1.165, 1.54) is 0 Å². The van der Waals surface area contributed by atoms with E-state index in [4.69, 9.17) is 0 Å². The fourth-order valence-corrected chi connectivity index (χ4v) is 4.96. The first-order valence-electron chi connectivity index (χ1n) is 15.0. The first kappa shape index (κ1) is 31.2. The normalized spacial score (nSPS) is 10.9. The van der Waals surface area contributed by atoms with Gasteiger partial charge in [0.05, 0.1) is 43.4 Å². The smallest absolute Gasteiger partial charge is 0.242 e. The Balaban J connectivity index is 1.39. The van der Waals surface area contributed by atoms with E-state index < -0.39 is 0 Å². The van der Waals surface area contributed by atoms with E-state index in [1.54, 1.807) is 11.1 Å². The van der Waals surface area contributed by atoms with Crippen LogP contribution in [0.4, 0.5) is 0 Å². The van der Waals surface area contributed by atoms with Crippen molar-refractivity contribution in [1.29, 1.82) is 0 Å². The molecule has 10 heteroatoms. The number of nitrogens with one attached hydrogen (secondary N) is 3. The van der Waals surface area contributed by atoms with Crippen molar-refractivity contribution in [2.75, 3.05) is 19.6 Å². The van der Waals surface area contributed by atoms with Crippen LogP contribution < -0.4 is 5.32 Å². The summed E-state index contributed by atoms with van der Waals surface area (Å²) in [5.41, 5.74) is 6.00. The molecule has 0 saturated carbocycles. The van der Waals surface area contributed by atoms with Gasteiger partial charge in [0.2, 0.25) is 18.2 Å². The standard InChI is InChI=1S/C33H41N7O3/c1-4-7-32(42)39(16-5-2)21-30-35-18-28(37-30)26-12-8-24(9-13-26)25-10-14-27(15-11-25)29-19-36-31(38-29)22-40(17-6-3)33(43)20-34-23-41/h8-15,18-19,23H,4-7,16-17,20-22H2,1-3H3,(H,34,41)(H,35,37)(H,36,38). The van der Waals surface area contributed by atoms with E-state index in [0.717, 1.165) is 65.3 Å². The molecule has 2 aromatic carbocycles. The molecule has 43 heavy (non-hydrogen) atoms. The summed E-state index contributed by atoms with van der Waals surface area (Å²) >= 11 is 0. The van der Waals surface area contributed by atoms with Crippen molar-refractivity contribution in [3.05, 3.63) is 72.6 Å². The summed E-state index contributed by atoms with van der Waals surface area (Å²) in [4.78, 5) is 54.7. The minimum atomic E-state index is -0.146. The van der Waals surface area contributed by atoms with Gasteiger partial charge in [-0.15, -0.1) is 0 Å². The molecule has 0 unspecified atom stereocenters. The lowest BCUT2D eigenvalue weighted by molar-refractivity contribution is -0.132. The average molecular weight is 584 g/mol. The quantitative estimate of drug-likeness (QED) is 0.157. The fourth-order valence-electron chi connectivity index (χ4n) is 4.96. The molecule has 0 radical (unpaired) electrons. The Bertz CT molecular complexity index is 1470. The molecule has 2 aromatic heterocycles. The summed E-state index contributed by atoms with van der Waals surface area (Å²) in [6.45, 7) is 8.23. The Morgan fingerprint density at radius 3 is 1.56 bits per heavy atom. The molecule has 4 aromatic rings. The highest BCUT2D eigenvalue weighted by molar-refractivity contribution is 5.80. The second kappa shape index (κ2) is 15.5. The topological polar surface area (TPSA) is 127 Å². The Kier molecular flexibility index (Phi) is 11.2. The van der Waals surface area contributed by atoms with Crippen LogP contribution in [0.1, 0.15) is 58.1 Å². The van der Waals surface area contributed by atoms with Crippen molar-refractivity contribution in [3.8, 4) is 33.6 Å². The first-order valence-corrected chi connectivity index (χ1v) is 15.0. The van der Waals surface area contributed by atoms with Crippen molar-refractivity contribution in [2.45, 2.75) is 59.5 Å². The molecular formula is C33H41N7O3. The maximum atomic E-state index is 12.5. The van der Waals surface area contributed by atoms with Gasteiger partial charge in [-0.1, -0.05) is 69.3 Å². The number of aromatic amines is 2. The van der Waals surface area contributed by atoms with Crippen molar-refractivity contribution in [2.24, 2.45) is 0 Å². The van der Waals surface area contributed by atoms with Crippen LogP contribution in [0.3, 0.4) is 0 Å². The van der Waals surface area contributed by atoms with Gasteiger partial charge in [-0.3, -0.25) is 14.4 Å². The number of hydrogen-bond acceptors (Lipinski definition) is 5. The van der Waals surface area contributed by atoms with Gasteiger partial charge in [-0.25, -0.2) is 9.97 Å². The van der Waals surface area contributed by atoms with Crippen molar-refractivity contribution in [1.82, 2.24) is 35.1 Å². The third kappa shape index (κ3) is 8.41. The van der Waals surface area contributed by atoms with Gasteiger partial charge in [0.25, 0.3) is 0 Å². The predicted octanol–water partition coefficient (Wildman–Crippen LogP) is 5.16. The summed E-state index contributed by atoms with van der Waals surface area (Å²) in [7, 11) is 0. The van der Waals surface area contributed by atoms with Gasteiger partial charge in [0.15, 0.2) is 0 Å². The molecule has 0 aliphatic carbocycles. The Morgan fingerprint density at radius 2 is 1.14 bits per heavy atom. The predicted molar refractivity (Wildman–Crippen MR) is 167 cm³/mol. The lowest BCUT2D eigenvalue weighted by atomic mass is 10.0. The third-order valence-electron chi connectivity index (χ3n) is 7.16. The monoisotopic (exact) mass is 583 g/mol. The number of H-pyrrole nitrogens is 2. The van der Waals surface area contributed by atoms with E-state index in [0.29, 0.717) is 38.3 Å². The number of aromatic nitrogens is 4. The Labute approximate surface area is 252 Å². The highest BCUT2D eigenvalue weighted by Gasteiger charge is 2.16. The zero-order chi connectivity index (χ0) is 30.6. The highest BCUT2D eigenvalue weighted by Crippen LogP contribution is 2.27. The molecule has 3 amide bonds. The van der Waals surface area contributed by atoms with E-state index >= 15 is 0 Å². The van der Waals surface area contributed by atoms with Crippen LogP contribution in [0.5, 0.6) is 0 Å². The van der Waals surface area contributed by atoms with E-state index in [2.05, 4.69) is 68.6 Å². The number of nitrogens with zero attached hydrogens (tertiary/aromatic N) is 4. The molecular weight excluding hydrogens is 542 g/mol. The van der Waals surface area contributed by atoms with Crippen molar-refractivity contribution < 1.29 is 14.4 Å². The van der Waals surface area contributed by atoms with Gasteiger partial charge in [0, 0.05) is 19.5 Å². The molecule has 0 aliphatic rings. The maximum Gasteiger partial charge on any atom is 0.242 e. The van der Waals surface area contributed by atoms with Gasteiger partial charge in [0.1, 0.15) is 11.6 Å². The van der Waals surface area contributed by atoms with Gasteiger partial charge < -0.3 is 25.1 Å². The second-order valence-corrected chi connectivity index (χ2v) is 10.5. The summed E-state index contributed by atoms with van der Waals surface area (Å²) in [6.07, 6.45) is 7.25. The largest absolute Gasteiger partial charge is 0.350 e. The summed E-state index contributed by atoms with van der Waals surface area (Å²) < 4.78 is 0. The van der Waals surface area contributed by atoms with Crippen LogP contribution in [0.2, 0.25) is 0 Å². The van der Waals surface area contributed by atoms with Crippen LogP contribution in [-0.2, 0) is 27.5 Å². The van der Waals surface area contributed by atoms with Crippen molar-refractivity contribution in [3.63, 3.8) is 0 Å². The molecule has 0 bridgehead atoms. The van der Waals surface area contributed by atoms with Gasteiger partial charge in [-0.2, -0.15) is 0 Å². The molecule has 0 saturated heterocycles. The lowest BCUT2D eigenvalue weighted by Gasteiger charge is -2.20. The fraction of sp³-hybridized carbons (Fsp3) is 0.364. The lowest BCUT2D eigenvalue weighted by Crippen LogP contribution is -2.38. The van der Waals surface area contributed by atoms with Gasteiger partial charge >= 0.3 is 0 Å². The SMILES string of the molecule is CCCC(=O)N(CCC)Cc1ncc(-c2ccc(-c3ccc(-c4cnc(CN(CCC)C(=O)CNC=O)[nH]4)cc3)cc2)[nH]1. The molecule has 226 valence electrons. The van der Waals surface area contributed by atoms with E-state index in [1.807, 2.05) is 37.1 Å². The van der Waals surface area contributed by atoms with Crippen LogP contribution in [0.15, 0.2) is 60.9 Å². The molecule has 10 nitrogen and oxygen atoms in total. The maximum absolute atomic E-state index is 12.5. The molecule has 0 aliphatic heterocycles. The number of benzene rings is 2.